The number of carbonyl (C=O) groups is 2. The Kier molecular flexibility index (Phi) is 4.19. The van der Waals surface area contributed by atoms with Crippen molar-refractivity contribution in [1.82, 2.24) is 20.0 Å². The molecule has 1 N–H and O–H groups in total. The summed E-state index contributed by atoms with van der Waals surface area (Å²) in [7, 11) is 3.54. The SMILES string of the molecule is CN(C)C(=O)CN1CCN(C(=O)C2CNC2)CC1. The maximum atomic E-state index is 12.0. The molecule has 2 amide bonds. The molecule has 0 aromatic heterocycles. The fourth-order valence-electron chi connectivity index (χ4n) is 2.18. The van der Waals surface area contributed by atoms with Crippen molar-refractivity contribution in [2.45, 2.75) is 0 Å². The molecule has 0 aromatic rings. The summed E-state index contributed by atoms with van der Waals surface area (Å²) in [5.41, 5.74) is 0. The molecule has 2 aliphatic heterocycles. The van der Waals surface area contributed by atoms with Gasteiger partial charge in [-0.15, -0.1) is 0 Å². The average Bonchev–Trinajstić information content (AvgIpc) is 2.27. The number of piperazine rings is 1. The number of nitrogens with zero attached hydrogens (tertiary/aromatic N) is 3. The van der Waals surface area contributed by atoms with Gasteiger partial charge in [-0.25, -0.2) is 0 Å². The van der Waals surface area contributed by atoms with Crippen molar-refractivity contribution in [3.05, 3.63) is 0 Å². The van der Waals surface area contributed by atoms with Gasteiger partial charge < -0.3 is 15.1 Å². The number of hydrogen-bond donors (Lipinski definition) is 1. The van der Waals surface area contributed by atoms with Crippen molar-refractivity contribution in [3.63, 3.8) is 0 Å². The fourth-order valence-corrected chi connectivity index (χ4v) is 2.18. The molecular formula is C12H22N4O2. The number of rotatable bonds is 3. The molecule has 0 aromatic carbocycles. The van der Waals surface area contributed by atoms with Crippen LogP contribution in [-0.2, 0) is 9.59 Å². The first-order valence-electron chi connectivity index (χ1n) is 6.50. The van der Waals surface area contributed by atoms with Crippen LogP contribution >= 0.6 is 0 Å². The second-order valence-electron chi connectivity index (χ2n) is 5.24. The Morgan fingerprint density at radius 1 is 1.17 bits per heavy atom. The van der Waals surface area contributed by atoms with Crippen LogP contribution in [0.1, 0.15) is 0 Å². The highest BCUT2D eigenvalue weighted by Gasteiger charge is 2.31. The second-order valence-corrected chi connectivity index (χ2v) is 5.24. The normalized spacial score (nSPS) is 21.6. The maximum absolute atomic E-state index is 12.0. The molecule has 18 heavy (non-hydrogen) atoms. The Hall–Kier alpha value is -1.14. The van der Waals surface area contributed by atoms with Gasteiger partial charge in [0.1, 0.15) is 0 Å². The van der Waals surface area contributed by atoms with Gasteiger partial charge in [-0.3, -0.25) is 14.5 Å². The van der Waals surface area contributed by atoms with Crippen molar-refractivity contribution in [2.24, 2.45) is 5.92 Å². The predicted molar refractivity (Wildman–Crippen MR) is 68.1 cm³/mol. The van der Waals surface area contributed by atoms with E-state index in [2.05, 4.69) is 10.2 Å². The van der Waals surface area contributed by atoms with Crippen LogP contribution in [-0.4, -0.2) is 86.4 Å². The van der Waals surface area contributed by atoms with E-state index in [1.54, 1.807) is 19.0 Å². The van der Waals surface area contributed by atoms with E-state index in [0.29, 0.717) is 6.54 Å². The second kappa shape index (κ2) is 5.67. The average molecular weight is 254 g/mol. The van der Waals surface area contributed by atoms with Gasteiger partial charge in [-0.1, -0.05) is 0 Å². The number of carbonyl (C=O) groups excluding carboxylic acids is 2. The number of likely N-dealkylation sites (N-methyl/N-ethyl adjacent to an activating group) is 1. The summed E-state index contributed by atoms with van der Waals surface area (Å²) in [6.07, 6.45) is 0. The van der Waals surface area contributed by atoms with Crippen molar-refractivity contribution < 1.29 is 9.59 Å². The van der Waals surface area contributed by atoms with Gasteiger partial charge in [0.05, 0.1) is 12.5 Å². The van der Waals surface area contributed by atoms with Crippen molar-refractivity contribution >= 4 is 11.8 Å². The summed E-state index contributed by atoms with van der Waals surface area (Å²) in [5.74, 6) is 0.574. The number of amides is 2. The van der Waals surface area contributed by atoms with E-state index >= 15 is 0 Å². The molecule has 102 valence electrons. The molecule has 0 bridgehead atoms. The van der Waals surface area contributed by atoms with Gasteiger partial charge >= 0.3 is 0 Å². The molecule has 6 heteroatoms. The number of nitrogens with one attached hydrogen (secondary N) is 1. The van der Waals surface area contributed by atoms with Gasteiger partial charge in [0.15, 0.2) is 0 Å². The minimum atomic E-state index is 0.123. The van der Waals surface area contributed by atoms with E-state index in [4.69, 9.17) is 0 Å². The van der Waals surface area contributed by atoms with E-state index in [0.717, 1.165) is 39.3 Å². The van der Waals surface area contributed by atoms with Gasteiger partial charge in [0.25, 0.3) is 0 Å². The first kappa shape index (κ1) is 13.3. The molecule has 2 rings (SSSR count). The third-order valence-corrected chi connectivity index (χ3v) is 3.67. The molecular weight excluding hydrogens is 232 g/mol. The van der Waals surface area contributed by atoms with Crippen LogP contribution in [0.4, 0.5) is 0 Å². The largest absolute Gasteiger partial charge is 0.348 e. The standard InChI is InChI=1S/C12H22N4O2/c1-14(2)11(17)9-15-3-5-16(6-4-15)12(18)10-7-13-8-10/h10,13H,3-9H2,1-2H3. The molecule has 2 fully saturated rings. The van der Waals surface area contributed by atoms with Crippen LogP contribution in [0.5, 0.6) is 0 Å². The monoisotopic (exact) mass is 254 g/mol. The van der Waals surface area contributed by atoms with Crippen molar-refractivity contribution in [3.8, 4) is 0 Å². The van der Waals surface area contributed by atoms with Gasteiger partial charge in [0, 0.05) is 53.4 Å². The first-order valence-corrected chi connectivity index (χ1v) is 6.50. The summed E-state index contributed by atoms with van der Waals surface area (Å²) in [5, 5.41) is 3.12. The third kappa shape index (κ3) is 3.00. The number of hydrogen-bond acceptors (Lipinski definition) is 4. The summed E-state index contributed by atoms with van der Waals surface area (Å²) < 4.78 is 0. The summed E-state index contributed by atoms with van der Waals surface area (Å²) >= 11 is 0. The third-order valence-electron chi connectivity index (χ3n) is 3.67. The van der Waals surface area contributed by atoms with E-state index < -0.39 is 0 Å². The van der Waals surface area contributed by atoms with Crippen LogP contribution in [0.2, 0.25) is 0 Å². The molecule has 2 aliphatic rings. The first-order chi connectivity index (χ1) is 8.58. The van der Waals surface area contributed by atoms with Crippen molar-refractivity contribution in [1.29, 1.82) is 0 Å². The van der Waals surface area contributed by atoms with E-state index in [-0.39, 0.29) is 17.7 Å². The zero-order valence-corrected chi connectivity index (χ0v) is 11.2. The topological polar surface area (TPSA) is 55.9 Å². The zero-order chi connectivity index (χ0) is 13.1. The molecule has 0 unspecified atom stereocenters. The fraction of sp³-hybridized carbons (Fsp3) is 0.833. The molecule has 2 saturated heterocycles. The highest BCUT2D eigenvalue weighted by molar-refractivity contribution is 5.80. The maximum Gasteiger partial charge on any atom is 0.236 e. The van der Waals surface area contributed by atoms with Crippen LogP contribution in [0.25, 0.3) is 0 Å². The molecule has 6 nitrogen and oxygen atoms in total. The Morgan fingerprint density at radius 2 is 1.78 bits per heavy atom. The summed E-state index contributed by atoms with van der Waals surface area (Å²) in [6.45, 7) is 5.18. The molecule has 0 radical (unpaired) electrons. The predicted octanol–water partition coefficient (Wildman–Crippen LogP) is -1.56. The van der Waals surface area contributed by atoms with Gasteiger partial charge in [0.2, 0.25) is 11.8 Å². The molecule has 0 atom stereocenters. The lowest BCUT2D eigenvalue weighted by atomic mass is 10.0. The van der Waals surface area contributed by atoms with Crippen LogP contribution in [0.15, 0.2) is 0 Å². The lowest BCUT2D eigenvalue weighted by Gasteiger charge is -2.38. The Morgan fingerprint density at radius 3 is 2.22 bits per heavy atom. The summed E-state index contributed by atoms with van der Waals surface area (Å²) in [4.78, 5) is 29.3. The lowest BCUT2D eigenvalue weighted by Crippen LogP contribution is -2.57. The molecule has 0 saturated carbocycles. The van der Waals surface area contributed by atoms with Gasteiger partial charge in [-0.05, 0) is 0 Å². The van der Waals surface area contributed by atoms with Crippen LogP contribution in [0, 0.1) is 5.92 Å². The Labute approximate surface area is 108 Å². The Bertz CT molecular complexity index is 320. The quantitative estimate of drug-likeness (QED) is 0.662. The Balaban J connectivity index is 1.74. The highest BCUT2D eigenvalue weighted by Crippen LogP contribution is 2.11. The van der Waals surface area contributed by atoms with E-state index in [9.17, 15) is 9.59 Å². The highest BCUT2D eigenvalue weighted by atomic mass is 16.2. The molecule has 0 spiro atoms. The van der Waals surface area contributed by atoms with E-state index in [1.165, 1.54) is 0 Å². The molecule has 2 heterocycles. The minimum absolute atomic E-state index is 0.123. The van der Waals surface area contributed by atoms with Crippen LogP contribution in [0.3, 0.4) is 0 Å². The summed E-state index contributed by atoms with van der Waals surface area (Å²) in [6, 6.07) is 0. The van der Waals surface area contributed by atoms with Crippen LogP contribution < -0.4 is 5.32 Å². The van der Waals surface area contributed by atoms with Crippen molar-refractivity contribution in [2.75, 3.05) is 59.9 Å². The van der Waals surface area contributed by atoms with E-state index in [1.807, 2.05) is 4.90 Å². The zero-order valence-electron chi connectivity index (χ0n) is 11.2. The molecule has 0 aliphatic carbocycles. The lowest BCUT2D eigenvalue weighted by molar-refractivity contribution is -0.139. The smallest absolute Gasteiger partial charge is 0.236 e. The minimum Gasteiger partial charge on any atom is -0.348 e. The van der Waals surface area contributed by atoms with Gasteiger partial charge in [-0.2, -0.15) is 0 Å².